The fourth-order valence-electron chi connectivity index (χ4n) is 3.25. The summed E-state index contributed by atoms with van der Waals surface area (Å²) in [6, 6.07) is 14.9. The number of hydrogen-bond acceptors (Lipinski definition) is 3. The number of aryl methyl sites for hydroxylation is 1. The number of ether oxygens (including phenoxy) is 1. The Morgan fingerprint density at radius 1 is 1.27 bits per heavy atom. The number of nitrogens with zero attached hydrogens (tertiary/aromatic N) is 2. The average Bonchev–Trinajstić information content (AvgIpc) is 3.22. The van der Waals surface area contributed by atoms with Gasteiger partial charge in [-0.15, -0.1) is 0 Å². The number of carbonyl (C=O) groups is 1. The van der Waals surface area contributed by atoms with Crippen molar-refractivity contribution in [3.05, 3.63) is 65.5 Å². The molecule has 0 spiro atoms. The Hall–Kier alpha value is -2.73. The normalized spacial score (nSPS) is 20.0. The van der Waals surface area contributed by atoms with Crippen LogP contribution in [0.4, 0.5) is 4.39 Å². The van der Waals surface area contributed by atoms with Crippen LogP contribution in [0.15, 0.2) is 48.5 Å². The molecule has 2 heterocycles. The molecule has 1 aromatic heterocycles. The van der Waals surface area contributed by atoms with Crippen LogP contribution in [0.3, 0.4) is 0 Å². The van der Waals surface area contributed by atoms with Gasteiger partial charge in [0.1, 0.15) is 24.7 Å². The van der Waals surface area contributed by atoms with Gasteiger partial charge in [-0.05, 0) is 36.8 Å². The van der Waals surface area contributed by atoms with Gasteiger partial charge in [0, 0.05) is 5.56 Å². The summed E-state index contributed by atoms with van der Waals surface area (Å²) in [6.45, 7) is 2.50. The van der Waals surface area contributed by atoms with E-state index < -0.39 is 12.3 Å². The molecule has 0 unspecified atom stereocenters. The van der Waals surface area contributed by atoms with E-state index in [2.05, 4.69) is 9.97 Å². The molecule has 5 nitrogen and oxygen atoms in total. The van der Waals surface area contributed by atoms with Crippen molar-refractivity contribution < 1.29 is 13.9 Å². The van der Waals surface area contributed by atoms with Crippen LogP contribution in [0.5, 0.6) is 0 Å². The highest BCUT2D eigenvalue weighted by molar-refractivity contribution is 5.94. The first-order chi connectivity index (χ1) is 12.6. The highest BCUT2D eigenvalue weighted by Gasteiger charge is 2.36. The number of imidazole rings is 1. The summed E-state index contributed by atoms with van der Waals surface area (Å²) in [5, 5.41) is 0. The number of fused-ring (bicyclic) bond motifs is 1. The highest BCUT2D eigenvalue weighted by Crippen LogP contribution is 2.21. The van der Waals surface area contributed by atoms with E-state index >= 15 is 0 Å². The number of aromatic nitrogens is 2. The predicted octanol–water partition coefficient (Wildman–Crippen LogP) is 3.25. The molecule has 4 rings (SSSR count). The first-order valence-electron chi connectivity index (χ1n) is 8.65. The predicted molar refractivity (Wildman–Crippen MR) is 96.6 cm³/mol. The van der Waals surface area contributed by atoms with Crippen LogP contribution < -0.4 is 0 Å². The van der Waals surface area contributed by atoms with E-state index in [1.54, 1.807) is 24.3 Å². The first kappa shape index (κ1) is 16.7. The molecule has 6 heteroatoms. The van der Waals surface area contributed by atoms with E-state index in [0.717, 1.165) is 16.6 Å². The molecule has 0 aliphatic carbocycles. The molecule has 0 saturated carbocycles. The summed E-state index contributed by atoms with van der Waals surface area (Å²) in [6.07, 6.45) is -1.84. The standard InChI is InChI=1S/C20H20FN3O2/c1-13-7-8-16-17(9-13)23-19(22-16)12-26-18-11-24(10-15(18)21)20(25)14-5-3-2-4-6-14/h2-9,15,18H,10-12H2,1H3,(H,22,23)/t15-,18+/m1/s1. The van der Waals surface area contributed by atoms with E-state index in [4.69, 9.17) is 4.74 Å². The van der Waals surface area contributed by atoms with Crippen LogP contribution in [0.25, 0.3) is 11.0 Å². The lowest BCUT2D eigenvalue weighted by molar-refractivity contribution is 0.00887. The molecule has 26 heavy (non-hydrogen) atoms. The van der Waals surface area contributed by atoms with E-state index in [1.165, 1.54) is 4.90 Å². The molecule has 1 aliphatic rings. The van der Waals surface area contributed by atoms with Crippen molar-refractivity contribution >= 4 is 16.9 Å². The maximum atomic E-state index is 14.3. The third kappa shape index (κ3) is 3.32. The molecule has 134 valence electrons. The number of halogens is 1. The molecule has 0 radical (unpaired) electrons. The molecular weight excluding hydrogens is 333 g/mol. The largest absolute Gasteiger partial charge is 0.365 e. The van der Waals surface area contributed by atoms with E-state index in [-0.39, 0.29) is 25.6 Å². The number of likely N-dealkylation sites (tertiary alicyclic amines) is 1. The van der Waals surface area contributed by atoms with Crippen molar-refractivity contribution in [3.8, 4) is 0 Å². The van der Waals surface area contributed by atoms with Gasteiger partial charge in [-0.25, -0.2) is 9.37 Å². The second-order valence-corrected chi connectivity index (χ2v) is 6.65. The number of H-pyrrole nitrogens is 1. The Morgan fingerprint density at radius 2 is 2.08 bits per heavy atom. The minimum atomic E-state index is -1.20. The Labute approximate surface area is 150 Å². The highest BCUT2D eigenvalue weighted by atomic mass is 19.1. The zero-order chi connectivity index (χ0) is 18.1. The smallest absolute Gasteiger partial charge is 0.254 e. The minimum Gasteiger partial charge on any atom is -0.365 e. The first-order valence-corrected chi connectivity index (χ1v) is 8.65. The molecule has 2 aromatic carbocycles. The Balaban J connectivity index is 1.39. The van der Waals surface area contributed by atoms with E-state index in [9.17, 15) is 9.18 Å². The monoisotopic (exact) mass is 353 g/mol. The molecule has 3 aromatic rings. The van der Waals surface area contributed by atoms with Crippen LogP contribution in [-0.2, 0) is 11.3 Å². The number of aromatic amines is 1. The van der Waals surface area contributed by atoms with E-state index in [1.807, 2.05) is 31.2 Å². The minimum absolute atomic E-state index is 0.0533. The third-order valence-electron chi connectivity index (χ3n) is 4.63. The molecule has 2 atom stereocenters. The summed E-state index contributed by atoms with van der Waals surface area (Å²) in [5.74, 6) is 0.490. The fraction of sp³-hybridized carbons (Fsp3) is 0.300. The van der Waals surface area contributed by atoms with Crippen molar-refractivity contribution in [2.45, 2.75) is 25.8 Å². The number of carbonyl (C=O) groups excluding carboxylic acids is 1. The molecule has 1 fully saturated rings. The zero-order valence-corrected chi connectivity index (χ0v) is 14.5. The van der Waals surface area contributed by atoms with Crippen molar-refractivity contribution in [1.29, 1.82) is 0 Å². The topological polar surface area (TPSA) is 58.2 Å². The van der Waals surface area contributed by atoms with Gasteiger partial charge in [0.25, 0.3) is 5.91 Å². The van der Waals surface area contributed by atoms with Crippen LogP contribution in [0.2, 0.25) is 0 Å². The lowest BCUT2D eigenvalue weighted by Crippen LogP contribution is -2.30. The second kappa shape index (κ2) is 6.88. The molecule has 1 aliphatic heterocycles. The van der Waals surface area contributed by atoms with Gasteiger partial charge in [-0.2, -0.15) is 0 Å². The number of nitrogens with one attached hydrogen (secondary N) is 1. The van der Waals surface area contributed by atoms with Crippen molar-refractivity contribution in [3.63, 3.8) is 0 Å². The molecule has 1 amide bonds. The summed E-state index contributed by atoms with van der Waals surface area (Å²) in [5.41, 5.74) is 3.50. The maximum absolute atomic E-state index is 14.3. The summed E-state index contributed by atoms with van der Waals surface area (Å²) < 4.78 is 20.0. The fourth-order valence-corrected chi connectivity index (χ4v) is 3.25. The average molecular weight is 353 g/mol. The number of alkyl halides is 1. The molecule has 0 bridgehead atoms. The van der Waals surface area contributed by atoms with Crippen LogP contribution in [0, 0.1) is 6.92 Å². The van der Waals surface area contributed by atoms with Gasteiger partial charge >= 0.3 is 0 Å². The summed E-state index contributed by atoms with van der Waals surface area (Å²) >= 11 is 0. The van der Waals surface area contributed by atoms with Gasteiger partial charge < -0.3 is 14.6 Å². The van der Waals surface area contributed by atoms with Crippen molar-refractivity contribution in [2.24, 2.45) is 0 Å². The Bertz CT molecular complexity index is 925. The molecule has 1 N–H and O–H groups in total. The van der Waals surface area contributed by atoms with E-state index in [0.29, 0.717) is 11.4 Å². The number of amides is 1. The number of hydrogen-bond donors (Lipinski definition) is 1. The number of benzene rings is 2. The van der Waals surface area contributed by atoms with Gasteiger partial charge in [0.2, 0.25) is 0 Å². The molecular formula is C20H20FN3O2. The van der Waals surface area contributed by atoms with Crippen LogP contribution >= 0.6 is 0 Å². The number of rotatable bonds is 4. The summed E-state index contributed by atoms with van der Waals surface area (Å²) in [4.78, 5) is 21.6. The van der Waals surface area contributed by atoms with Gasteiger partial charge in [0.15, 0.2) is 0 Å². The van der Waals surface area contributed by atoms with Crippen molar-refractivity contribution in [1.82, 2.24) is 14.9 Å². The van der Waals surface area contributed by atoms with Crippen LogP contribution in [-0.4, -0.2) is 46.1 Å². The third-order valence-corrected chi connectivity index (χ3v) is 4.63. The van der Waals surface area contributed by atoms with Gasteiger partial charge in [-0.1, -0.05) is 24.3 Å². The summed E-state index contributed by atoms with van der Waals surface area (Å²) in [7, 11) is 0. The molecule has 1 saturated heterocycles. The lowest BCUT2D eigenvalue weighted by Gasteiger charge is -2.16. The van der Waals surface area contributed by atoms with Gasteiger partial charge in [0.05, 0.1) is 24.1 Å². The quantitative estimate of drug-likeness (QED) is 0.783. The van der Waals surface area contributed by atoms with Crippen LogP contribution in [0.1, 0.15) is 21.7 Å². The SMILES string of the molecule is Cc1ccc2nc(CO[C@H]3CN(C(=O)c4ccccc4)C[C@H]3F)[nH]c2c1. The maximum Gasteiger partial charge on any atom is 0.254 e. The van der Waals surface area contributed by atoms with Crippen molar-refractivity contribution in [2.75, 3.05) is 13.1 Å². The Kier molecular flexibility index (Phi) is 4.42. The van der Waals surface area contributed by atoms with Gasteiger partial charge in [-0.3, -0.25) is 4.79 Å². The Morgan fingerprint density at radius 3 is 2.88 bits per heavy atom. The zero-order valence-electron chi connectivity index (χ0n) is 14.5. The lowest BCUT2D eigenvalue weighted by atomic mass is 10.2. The second-order valence-electron chi connectivity index (χ2n) is 6.65.